The molecule has 2 fully saturated rings. The lowest BCUT2D eigenvalue weighted by Gasteiger charge is -2.28. The predicted molar refractivity (Wildman–Crippen MR) is 152 cm³/mol. The number of nitrogens with one attached hydrogen (secondary N) is 1. The van der Waals surface area contributed by atoms with Crippen LogP contribution in [0.1, 0.15) is 37.7 Å². The van der Waals surface area contributed by atoms with Crippen molar-refractivity contribution < 1.29 is 27.4 Å². The molecular weight excluding hydrogens is 549 g/mol. The summed E-state index contributed by atoms with van der Waals surface area (Å²) in [6, 6.07) is 10.0. The molecule has 1 saturated carbocycles. The number of halogens is 3. The molecule has 2 aliphatic heterocycles. The second-order valence-corrected chi connectivity index (χ2v) is 10.9. The van der Waals surface area contributed by atoms with E-state index in [9.17, 15) is 18.0 Å². The summed E-state index contributed by atoms with van der Waals surface area (Å²) in [5, 5.41) is 3.52. The van der Waals surface area contributed by atoms with Crippen LogP contribution in [0.15, 0.2) is 42.6 Å². The number of nitrogens with zero attached hydrogens (tertiary/aromatic N) is 5. The Morgan fingerprint density at radius 2 is 1.86 bits per heavy atom. The lowest BCUT2D eigenvalue weighted by atomic mass is 9.89. The molecule has 1 aliphatic carbocycles. The average Bonchev–Trinajstić information content (AvgIpc) is 3.44. The van der Waals surface area contributed by atoms with Crippen molar-refractivity contribution in [3.05, 3.63) is 48.2 Å². The van der Waals surface area contributed by atoms with Crippen LogP contribution >= 0.6 is 0 Å². The molecule has 0 amide bonds. The van der Waals surface area contributed by atoms with Crippen LogP contribution in [0, 0.1) is 5.92 Å². The molecule has 0 radical (unpaired) electrons. The summed E-state index contributed by atoms with van der Waals surface area (Å²) in [5.41, 5.74) is 2.96. The molecule has 0 bridgehead atoms. The van der Waals surface area contributed by atoms with Gasteiger partial charge in [0, 0.05) is 55.3 Å². The van der Waals surface area contributed by atoms with Gasteiger partial charge < -0.3 is 24.6 Å². The van der Waals surface area contributed by atoms with Gasteiger partial charge in [-0.05, 0) is 43.4 Å². The van der Waals surface area contributed by atoms with Crippen LogP contribution in [0.4, 0.5) is 36.4 Å². The second-order valence-electron chi connectivity index (χ2n) is 10.9. The average molecular weight is 583 g/mol. The summed E-state index contributed by atoms with van der Waals surface area (Å²) < 4.78 is 48.7. The van der Waals surface area contributed by atoms with E-state index in [1.807, 2.05) is 17.0 Å². The highest BCUT2D eigenvalue weighted by Gasteiger charge is 2.41. The largest absolute Gasteiger partial charge is 0.491 e. The number of benzene rings is 1. The quantitative estimate of drug-likeness (QED) is 0.285. The molecule has 2 aromatic heterocycles. The minimum absolute atomic E-state index is 0.201. The summed E-state index contributed by atoms with van der Waals surface area (Å²) in [5.74, 6) is 0.263. The number of carbonyl (C=O) groups is 1. The van der Waals surface area contributed by atoms with Crippen LogP contribution in [0.25, 0.3) is 11.3 Å². The molecule has 222 valence electrons. The molecular formula is C30H33F3N6O3. The Morgan fingerprint density at radius 3 is 2.64 bits per heavy atom. The van der Waals surface area contributed by atoms with Gasteiger partial charge in [0.25, 0.3) is 0 Å². The van der Waals surface area contributed by atoms with Gasteiger partial charge in [-0.3, -0.25) is 0 Å². The van der Waals surface area contributed by atoms with Crippen LogP contribution < -0.4 is 19.9 Å². The van der Waals surface area contributed by atoms with Gasteiger partial charge in [-0.2, -0.15) is 18.2 Å². The Kier molecular flexibility index (Phi) is 8.14. The van der Waals surface area contributed by atoms with Gasteiger partial charge in [-0.1, -0.05) is 31.4 Å². The molecule has 1 saturated heterocycles. The van der Waals surface area contributed by atoms with Crippen LogP contribution in [0.2, 0.25) is 0 Å². The van der Waals surface area contributed by atoms with Crippen molar-refractivity contribution in [2.75, 3.05) is 54.5 Å². The van der Waals surface area contributed by atoms with Crippen LogP contribution in [0.3, 0.4) is 0 Å². The van der Waals surface area contributed by atoms with Gasteiger partial charge >= 0.3 is 12.1 Å². The monoisotopic (exact) mass is 582 g/mol. The van der Waals surface area contributed by atoms with Crippen molar-refractivity contribution in [2.24, 2.45) is 5.92 Å². The third kappa shape index (κ3) is 6.28. The second kappa shape index (κ2) is 12.1. The molecule has 3 aromatic rings. The molecule has 9 nitrogen and oxygen atoms in total. The third-order valence-corrected chi connectivity index (χ3v) is 8.01. The van der Waals surface area contributed by atoms with E-state index in [4.69, 9.17) is 14.7 Å². The molecule has 1 N–H and O–H groups in total. The molecule has 12 heteroatoms. The molecule has 6 rings (SSSR count). The maximum absolute atomic E-state index is 12.8. The SMILES string of the molecule is O=C(Oc1cccc(-c2nc(N3CCOCC3)nc3c2CCN3c2ccnc(NCC3CCCCC3)c2)c1)C(F)(F)F. The van der Waals surface area contributed by atoms with Gasteiger partial charge in [0.15, 0.2) is 0 Å². The Bertz CT molecular complexity index is 1420. The Hall–Kier alpha value is -3.93. The number of alkyl halides is 3. The van der Waals surface area contributed by atoms with E-state index in [1.165, 1.54) is 44.2 Å². The normalized spacial score (nSPS) is 17.7. The highest BCUT2D eigenvalue weighted by molar-refractivity contribution is 5.80. The Labute approximate surface area is 242 Å². The van der Waals surface area contributed by atoms with Crippen LogP contribution in [-0.2, 0) is 16.0 Å². The molecule has 0 spiro atoms. The summed E-state index contributed by atoms with van der Waals surface area (Å²) in [6.45, 7) is 3.87. The first kappa shape index (κ1) is 28.2. The van der Waals surface area contributed by atoms with E-state index in [2.05, 4.69) is 19.9 Å². The van der Waals surface area contributed by atoms with Gasteiger partial charge in [0.1, 0.15) is 17.4 Å². The number of fused-ring (bicyclic) bond motifs is 1. The van der Waals surface area contributed by atoms with E-state index in [0.717, 1.165) is 29.4 Å². The fourth-order valence-corrected chi connectivity index (χ4v) is 5.83. The van der Waals surface area contributed by atoms with Crippen LogP contribution in [-0.4, -0.2) is 66.5 Å². The topological polar surface area (TPSA) is 92.7 Å². The predicted octanol–water partition coefficient (Wildman–Crippen LogP) is 5.53. The summed E-state index contributed by atoms with van der Waals surface area (Å²) in [6.07, 6.45) is 3.70. The number of pyridine rings is 1. The Morgan fingerprint density at radius 1 is 1.05 bits per heavy atom. The maximum atomic E-state index is 12.8. The standard InChI is InChI=1S/C30H33F3N6O3/c31-30(32,33)28(40)42-23-8-4-7-21(17-23)26-24-10-12-39(27(24)37-29(36-26)38-13-15-41-16-14-38)22-9-11-34-25(18-22)35-19-20-5-2-1-3-6-20/h4,7-9,11,17-18,20H,1-3,5-6,10,12-16,19H2,(H,34,35). The first-order valence-corrected chi connectivity index (χ1v) is 14.5. The van der Waals surface area contributed by atoms with Gasteiger partial charge in [-0.15, -0.1) is 0 Å². The minimum Gasteiger partial charge on any atom is -0.420 e. The number of rotatable bonds is 7. The fourth-order valence-electron chi connectivity index (χ4n) is 5.83. The lowest BCUT2D eigenvalue weighted by Crippen LogP contribution is -2.37. The minimum atomic E-state index is -5.09. The summed E-state index contributed by atoms with van der Waals surface area (Å²) in [4.78, 5) is 30.1. The van der Waals surface area contributed by atoms with Crippen molar-refractivity contribution >= 4 is 29.2 Å². The van der Waals surface area contributed by atoms with Crippen molar-refractivity contribution in [1.82, 2.24) is 15.0 Å². The van der Waals surface area contributed by atoms with Gasteiger partial charge in [0.2, 0.25) is 5.95 Å². The number of esters is 1. The van der Waals surface area contributed by atoms with Crippen molar-refractivity contribution in [1.29, 1.82) is 0 Å². The highest BCUT2D eigenvalue weighted by atomic mass is 19.4. The molecule has 4 heterocycles. The van der Waals surface area contributed by atoms with E-state index in [-0.39, 0.29) is 5.75 Å². The zero-order valence-corrected chi connectivity index (χ0v) is 23.2. The number of aromatic nitrogens is 3. The molecule has 42 heavy (non-hydrogen) atoms. The van der Waals surface area contributed by atoms with E-state index < -0.39 is 12.1 Å². The molecule has 3 aliphatic rings. The third-order valence-electron chi connectivity index (χ3n) is 8.01. The number of ether oxygens (including phenoxy) is 2. The lowest BCUT2D eigenvalue weighted by molar-refractivity contribution is -0.189. The van der Waals surface area contributed by atoms with Gasteiger partial charge in [-0.25, -0.2) is 14.8 Å². The smallest absolute Gasteiger partial charge is 0.420 e. The zero-order chi connectivity index (χ0) is 29.1. The number of anilines is 4. The summed E-state index contributed by atoms with van der Waals surface area (Å²) >= 11 is 0. The molecule has 0 atom stereocenters. The van der Waals surface area contributed by atoms with E-state index >= 15 is 0 Å². The first-order valence-electron chi connectivity index (χ1n) is 14.5. The zero-order valence-electron chi connectivity index (χ0n) is 23.2. The van der Waals surface area contributed by atoms with E-state index in [0.29, 0.717) is 62.4 Å². The molecule has 1 aromatic carbocycles. The summed E-state index contributed by atoms with van der Waals surface area (Å²) in [7, 11) is 0. The highest BCUT2D eigenvalue weighted by Crippen LogP contribution is 2.40. The van der Waals surface area contributed by atoms with Gasteiger partial charge in [0.05, 0.1) is 18.9 Å². The van der Waals surface area contributed by atoms with E-state index in [1.54, 1.807) is 18.3 Å². The fraction of sp³-hybridized carbons (Fsp3) is 0.467. The number of carbonyl (C=O) groups excluding carboxylic acids is 1. The first-order chi connectivity index (χ1) is 20.3. The van der Waals surface area contributed by atoms with Crippen molar-refractivity contribution in [2.45, 2.75) is 44.7 Å². The Balaban J connectivity index is 1.32. The number of hydrogen-bond acceptors (Lipinski definition) is 9. The van der Waals surface area contributed by atoms with Crippen molar-refractivity contribution in [3.63, 3.8) is 0 Å². The number of hydrogen-bond donors (Lipinski definition) is 1. The van der Waals surface area contributed by atoms with Crippen LogP contribution in [0.5, 0.6) is 5.75 Å². The maximum Gasteiger partial charge on any atom is 0.491 e. The van der Waals surface area contributed by atoms with Crippen molar-refractivity contribution in [3.8, 4) is 17.0 Å². The molecule has 0 unspecified atom stereocenters. The number of morpholine rings is 1.